The molecule has 6 heterocycles. The van der Waals surface area contributed by atoms with E-state index in [1.54, 1.807) is 32.4 Å². The van der Waals surface area contributed by atoms with Gasteiger partial charge in [-0.1, -0.05) is 37.4 Å². The molecule has 16 nitrogen and oxygen atoms in total. The smallest absolute Gasteiger partial charge is 0.318 e. The summed E-state index contributed by atoms with van der Waals surface area (Å²) in [6.07, 6.45) is 14.4. The van der Waals surface area contributed by atoms with E-state index in [1.807, 2.05) is 30.9 Å². The molecular weight excluding hydrogens is 1060 g/mol. The van der Waals surface area contributed by atoms with Crippen LogP contribution in [0.1, 0.15) is 96.1 Å². The maximum atomic E-state index is 14.5. The van der Waals surface area contributed by atoms with Gasteiger partial charge in [-0.25, -0.2) is 13.2 Å². The summed E-state index contributed by atoms with van der Waals surface area (Å²) < 4.78 is 66.2. The Morgan fingerprint density at radius 1 is 0.627 bits per heavy atom. The summed E-state index contributed by atoms with van der Waals surface area (Å²) in [7, 11) is 7.50. The van der Waals surface area contributed by atoms with Gasteiger partial charge in [0, 0.05) is 76.7 Å². The molecule has 0 bridgehead atoms. The summed E-state index contributed by atoms with van der Waals surface area (Å²) in [5.41, 5.74) is 7.92. The number of ether oxygens (including phenoxy) is 4. The van der Waals surface area contributed by atoms with Crippen molar-refractivity contribution in [1.29, 1.82) is 0 Å². The van der Waals surface area contributed by atoms with Crippen LogP contribution in [0, 0.1) is 37.3 Å². The fourth-order valence-electron chi connectivity index (χ4n) is 13.4. The lowest BCUT2D eigenvalue weighted by Crippen LogP contribution is -2.57. The highest BCUT2D eigenvalue weighted by atomic mass is 19.1. The first-order valence-electron chi connectivity index (χ1n) is 30.1. The maximum absolute atomic E-state index is 14.5. The van der Waals surface area contributed by atoms with Gasteiger partial charge >= 0.3 is 12.0 Å². The first-order valence-corrected chi connectivity index (χ1v) is 30.1. The molecule has 0 radical (unpaired) electrons. The first kappa shape index (κ1) is 61.4. The van der Waals surface area contributed by atoms with Crippen molar-refractivity contribution >= 4 is 23.5 Å². The number of carbonyl (C=O) groups excluding carboxylic acids is 2. The number of piperazine rings is 2. The summed E-state index contributed by atoms with van der Waals surface area (Å²) >= 11 is 0. The zero-order valence-electron chi connectivity index (χ0n) is 49.9. The molecule has 4 fully saturated rings. The van der Waals surface area contributed by atoms with Crippen LogP contribution in [0.4, 0.5) is 24.8 Å². The van der Waals surface area contributed by atoms with Crippen molar-refractivity contribution in [3.05, 3.63) is 118 Å². The normalized spacial score (nSPS) is 22.9. The lowest BCUT2D eigenvalue weighted by Gasteiger charge is -2.42. The molecule has 2 amide bonds. The predicted octanol–water partition coefficient (Wildman–Crippen LogP) is 8.27. The summed E-state index contributed by atoms with van der Waals surface area (Å²) in [5.74, 6) is 0.549. The van der Waals surface area contributed by atoms with Gasteiger partial charge in [0.15, 0.2) is 5.83 Å². The first-order chi connectivity index (χ1) is 40.1. The van der Waals surface area contributed by atoms with Crippen LogP contribution in [0.25, 0.3) is 0 Å². The van der Waals surface area contributed by atoms with Crippen LogP contribution >= 0.6 is 0 Å². The van der Waals surface area contributed by atoms with E-state index in [9.17, 15) is 22.8 Å². The molecular formula is C64H87F3N10O6. The van der Waals surface area contributed by atoms with E-state index in [1.165, 1.54) is 29.0 Å². The number of carbonyl (C=O) groups is 2. The number of aryl methyl sites for hydroxylation is 2. The number of aromatic nitrogens is 4. The number of hydrogen-bond acceptors (Lipinski definition) is 14. The van der Waals surface area contributed by atoms with Crippen molar-refractivity contribution in [2.75, 3.05) is 117 Å². The Balaban J connectivity index is 0.000000200. The number of halogens is 3. The molecule has 19 heteroatoms. The molecule has 0 saturated carbocycles. The second-order valence-electron chi connectivity index (χ2n) is 23.8. The number of methoxy groups -OCH3 is 2. The minimum atomic E-state index is -0.965. The molecule has 2 aromatic heterocycles. The highest BCUT2D eigenvalue weighted by Gasteiger charge is 2.37. The van der Waals surface area contributed by atoms with E-state index in [4.69, 9.17) is 38.9 Å². The molecule has 0 unspecified atom stereocenters. The van der Waals surface area contributed by atoms with Gasteiger partial charge in [0.2, 0.25) is 5.91 Å². The lowest BCUT2D eigenvalue weighted by atomic mass is 9.83. The minimum Gasteiger partial charge on any atom is -0.462 e. The van der Waals surface area contributed by atoms with Crippen molar-refractivity contribution in [1.82, 2.24) is 39.5 Å². The van der Waals surface area contributed by atoms with Crippen LogP contribution in [-0.4, -0.2) is 183 Å². The SMILES string of the molecule is C=C(F)C(=O)N1CCN(c2nc(OC[C@@H]3CCCN3C)nc3c2CC[C@@H](CCc2c(C)cccc2F)C3)C[C@@H]1COC.C=CC(=O)N1CCN(c2nc(OC[C@@H]3CCCN3C)nc3c2CC[C@@H](CCc2c(C)cccc2F)C3)C[C@@H]1COC. The highest BCUT2D eigenvalue weighted by molar-refractivity contribution is 5.91. The van der Waals surface area contributed by atoms with Gasteiger partial charge in [0.1, 0.15) is 36.5 Å². The summed E-state index contributed by atoms with van der Waals surface area (Å²) in [6, 6.07) is 11.6. The third kappa shape index (κ3) is 15.0. The number of anilines is 2. The van der Waals surface area contributed by atoms with Crippen molar-refractivity contribution in [3.63, 3.8) is 0 Å². The third-order valence-electron chi connectivity index (χ3n) is 18.4. The van der Waals surface area contributed by atoms with E-state index in [0.29, 0.717) is 101 Å². The number of likely N-dealkylation sites (N-methyl/N-ethyl adjacent to an activating group) is 2. The monoisotopic (exact) mass is 1150 g/mol. The lowest BCUT2D eigenvalue weighted by molar-refractivity contribution is -0.132. The number of rotatable bonds is 20. The van der Waals surface area contributed by atoms with Gasteiger partial charge in [-0.2, -0.15) is 19.9 Å². The van der Waals surface area contributed by atoms with Crippen molar-refractivity contribution in [2.45, 2.75) is 128 Å². The number of amides is 2. The van der Waals surface area contributed by atoms with Crippen LogP contribution in [-0.2, 0) is 57.6 Å². The summed E-state index contributed by atoms with van der Waals surface area (Å²) in [5, 5.41) is 0. The Morgan fingerprint density at radius 3 is 1.49 bits per heavy atom. The van der Waals surface area contributed by atoms with E-state index in [2.05, 4.69) is 46.9 Å². The number of hydrogen-bond donors (Lipinski definition) is 0. The van der Waals surface area contributed by atoms with E-state index in [0.717, 1.165) is 141 Å². The Labute approximate surface area is 489 Å². The fraction of sp³-hybridized carbons (Fsp3) is 0.594. The van der Waals surface area contributed by atoms with Gasteiger partial charge in [-0.3, -0.25) is 9.59 Å². The number of fused-ring (bicyclic) bond motifs is 2. The second-order valence-corrected chi connectivity index (χ2v) is 23.8. The molecule has 4 saturated heterocycles. The topological polar surface area (TPSA) is 142 Å². The molecule has 4 aromatic rings. The number of benzene rings is 2. The van der Waals surface area contributed by atoms with Gasteiger partial charge in [0.25, 0.3) is 5.91 Å². The molecule has 4 aliphatic heterocycles. The maximum Gasteiger partial charge on any atom is 0.318 e. The quantitative estimate of drug-likeness (QED) is 0.0784. The average Bonchev–Trinajstić information content (AvgIpc) is 3.89. The van der Waals surface area contributed by atoms with Crippen LogP contribution in [0.15, 0.2) is 61.5 Å². The Bertz CT molecular complexity index is 2870. The highest BCUT2D eigenvalue weighted by Crippen LogP contribution is 2.38. The largest absolute Gasteiger partial charge is 0.462 e. The molecule has 0 N–H and O–H groups in total. The van der Waals surface area contributed by atoms with Crippen LogP contribution < -0.4 is 19.3 Å². The van der Waals surface area contributed by atoms with Gasteiger partial charge < -0.3 is 48.3 Å². The average molecular weight is 1150 g/mol. The summed E-state index contributed by atoms with van der Waals surface area (Å²) in [6.45, 7) is 18.0. The molecule has 2 aromatic carbocycles. The van der Waals surface area contributed by atoms with Gasteiger partial charge in [-0.15, -0.1) is 0 Å². The van der Waals surface area contributed by atoms with E-state index in [-0.39, 0.29) is 36.2 Å². The van der Waals surface area contributed by atoms with Crippen molar-refractivity contribution in [3.8, 4) is 12.0 Å². The fourth-order valence-corrected chi connectivity index (χ4v) is 13.4. The number of likely N-dealkylation sites (tertiary alicyclic amines) is 2. The van der Waals surface area contributed by atoms with E-state index >= 15 is 0 Å². The van der Waals surface area contributed by atoms with Crippen LogP contribution in [0.5, 0.6) is 12.0 Å². The zero-order valence-corrected chi connectivity index (χ0v) is 49.9. The molecule has 0 spiro atoms. The molecule has 6 aliphatic rings. The van der Waals surface area contributed by atoms with Gasteiger partial charge in [-0.05, 0) is 183 Å². The van der Waals surface area contributed by atoms with Gasteiger partial charge in [0.05, 0.1) is 36.7 Å². The molecule has 6 atom stereocenters. The Morgan fingerprint density at radius 2 is 1.08 bits per heavy atom. The molecule has 2 aliphatic carbocycles. The Hall–Kier alpha value is -6.15. The van der Waals surface area contributed by atoms with E-state index < -0.39 is 11.7 Å². The standard InChI is InChI=1S/C32H43F2N5O3.C32H44FN5O3/c1-21-7-5-9-28(34)26(21)12-10-23-11-13-27-29(17-23)35-32(42-20-24-8-6-14-37(24)3)36-30(27)38-15-16-39(31(40)22(2)33)25(18-38)19-41-4;1-5-30(39)38-17-16-37(19-25(38)20-40-4)31-27-14-12-23(11-13-26-22(2)8-6-10-28(26)33)18-29(27)34-32(35-31)41-21-24-9-7-15-36(24)3/h5,7,9,23-25H,2,6,8,10-20H2,1,3-4H3;5-6,8,10,23-25H,1,7,9,11-21H2,2-4H3/t2*23-,24+,25-/m11/s1. The second kappa shape index (κ2) is 28.6. The predicted molar refractivity (Wildman–Crippen MR) is 316 cm³/mol. The Kier molecular flexibility index (Phi) is 21.2. The molecule has 10 rings (SSSR count). The molecule has 450 valence electrons. The van der Waals surface area contributed by atoms with Crippen molar-refractivity contribution < 1.29 is 41.7 Å². The minimum absolute atomic E-state index is 0.0750. The summed E-state index contributed by atoms with van der Waals surface area (Å²) in [4.78, 5) is 57.2. The van der Waals surface area contributed by atoms with Crippen molar-refractivity contribution in [2.24, 2.45) is 11.8 Å². The molecule has 83 heavy (non-hydrogen) atoms. The third-order valence-corrected chi connectivity index (χ3v) is 18.4. The van der Waals surface area contributed by atoms with Crippen LogP contribution in [0.2, 0.25) is 0 Å². The van der Waals surface area contributed by atoms with Crippen LogP contribution in [0.3, 0.4) is 0 Å². The number of nitrogens with zero attached hydrogens (tertiary/aromatic N) is 10. The zero-order chi connectivity index (χ0) is 58.7.